The highest BCUT2D eigenvalue weighted by Gasteiger charge is 2.27. The number of para-hydroxylation sites is 1. The number of nitrogens with one attached hydrogen (secondary N) is 1. The molecule has 8 nitrogen and oxygen atoms in total. The van der Waals surface area contributed by atoms with Crippen molar-refractivity contribution in [2.75, 3.05) is 24.2 Å². The first-order chi connectivity index (χ1) is 15.9. The Hall–Kier alpha value is -2.69. The Morgan fingerprint density at radius 3 is 2.48 bits per heavy atom. The molecule has 2 heterocycles. The van der Waals surface area contributed by atoms with Crippen LogP contribution in [0.1, 0.15) is 30.7 Å². The molecule has 174 valence electrons. The topological polar surface area (TPSA) is 97.2 Å². The number of anilines is 1. The van der Waals surface area contributed by atoms with E-state index in [4.69, 9.17) is 0 Å². The number of piperidine rings is 1. The van der Waals surface area contributed by atoms with Gasteiger partial charge in [0, 0.05) is 24.5 Å². The average Bonchev–Trinajstić information content (AvgIpc) is 3.20. The van der Waals surface area contributed by atoms with Crippen molar-refractivity contribution in [3.05, 3.63) is 59.9 Å². The third-order valence-corrected chi connectivity index (χ3v) is 8.52. The average molecular weight is 486 g/mol. The van der Waals surface area contributed by atoms with Crippen LogP contribution in [0.4, 0.5) is 5.69 Å². The van der Waals surface area contributed by atoms with Gasteiger partial charge in [0.1, 0.15) is 5.82 Å². The van der Waals surface area contributed by atoms with Gasteiger partial charge in [0.15, 0.2) is 5.16 Å². The lowest BCUT2D eigenvalue weighted by molar-refractivity contribution is -0.113. The monoisotopic (exact) mass is 485 g/mol. The van der Waals surface area contributed by atoms with Crippen LogP contribution in [0.3, 0.4) is 0 Å². The normalized spacial score (nSPS) is 14.8. The van der Waals surface area contributed by atoms with Crippen molar-refractivity contribution in [2.45, 2.75) is 43.2 Å². The maximum Gasteiger partial charge on any atom is 0.243 e. The smallest absolute Gasteiger partial charge is 0.243 e. The highest BCUT2D eigenvalue weighted by atomic mass is 32.2. The summed E-state index contributed by atoms with van der Waals surface area (Å²) in [5, 5.41) is 11.8. The fourth-order valence-electron chi connectivity index (χ4n) is 3.84. The van der Waals surface area contributed by atoms with Crippen LogP contribution in [0.15, 0.2) is 58.6 Å². The van der Waals surface area contributed by atoms with Gasteiger partial charge in [-0.3, -0.25) is 9.36 Å². The Bertz CT molecular complexity index is 1240. The Morgan fingerprint density at radius 2 is 1.76 bits per heavy atom. The zero-order valence-corrected chi connectivity index (χ0v) is 20.3. The number of hydrogen-bond donors (Lipinski definition) is 1. The van der Waals surface area contributed by atoms with Gasteiger partial charge in [0.2, 0.25) is 15.9 Å². The number of benzene rings is 2. The second-order valence-electron chi connectivity index (χ2n) is 7.98. The predicted octanol–water partition coefficient (Wildman–Crippen LogP) is 3.79. The summed E-state index contributed by atoms with van der Waals surface area (Å²) >= 11 is 1.28. The van der Waals surface area contributed by atoms with Crippen molar-refractivity contribution in [3.8, 4) is 5.69 Å². The molecule has 0 radical (unpaired) electrons. The predicted molar refractivity (Wildman–Crippen MR) is 129 cm³/mol. The van der Waals surface area contributed by atoms with Gasteiger partial charge in [-0.05, 0) is 56.5 Å². The molecule has 2 aromatic carbocycles. The Kier molecular flexibility index (Phi) is 7.16. The maximum absolute atomic E-state index is 13.1. The van der Waals surface area contributed by atoms with Crippen LogP contribution in [-0.4, -0.2) is 52.2 Å². The Morgan fingerprint density at radius 1 is 1.03 bits per heavy atom. The van der Waals surface area contributed by atoms with Gasteiger partial charge in [-0.2, -0.15) is 4.31 Å². The highest BCUT2D eigenvalue weighted by molar-refractivity contribution is 7.99. The number of sulfonamides is 1. The molecule has 33 heavy (non-hydrogen) atoms. The Labute approximate surface area is 198 Å². The van der Waals surface area contributed by atoms with Crippen molar-refractivity contribution in [1.29, 1.82) is 0 Å². The molecule has 1 saturated heterocycles. The van der Waals surface area contributed by atoms with Crippen LogP contribution in [0.25, 0.3) is 5.69 Å². The molecule has 0 bridgehead atoms. The number of thioether (sulfide) groups is 1. The third-order valence-electron chi connectivity index (χ3n) is 5.55. The van der Waals surface area contributed by atoms with E-state index in [0.29, 0.717) is 29.5 Å². The zero-order chi connectivity index (χ0) is 23.4. The first-order valence-corrected chi connectivity index (χ1v) is 13.3. The molecule has 1 fully saturated rings. The number of carbonyl (C=O) groups is 1. The molecule has 1 N–H and O–H groups in total. The van der Waals surface area contributed by atoms with Crippen LogP contribution < -0.4 is 5.32 Å². The fourth-order valence-corrected chi connectivity index (χ4v) is 6.40. The second kappa shape index (κ2) is 10.1. The van der Waals surface area contributed by atoms with Crippen LogP contribution in [-0.2, 0) is 14.8 Å². The molecule has 1 aromatic heterocycles. The molecular weight excluding hydrogens is 458 g/mol. The lowest BCUT2D eigenvalue weighted by Gasteiger charge is -2.26. The van der Waals surface area contributed by atoms with Crippen molar-refractivity contribution >= 4 is 33.4 Å². The van der Waals surface area contributed by atoms with Crippen molar-refractivity contribution in [2.24, 2.45) is 0 Å². The van der Waals surface area contributed by atoms with Gasteiger partial charge in [0.05, 0.1) is 10.6 Å². The summed E-state index contributed by atoms with van der Waals surface area (Å²) in [4.78, 5) is 12.9. The molecule has 0 atom stereocenters. The fraction of sp³-hybridized carbons (Fsp3) is 0.348. The molecule has 0 spiro atoms. The summed E-state index contributed by atoms with van der Waals surface area (Å²) in [7, 11) is -3.58. The quantitative estimate of drug-likeness (QED) is 0.512. The van der Waals surface area contributed by atoms with E-state index in [9.17, 15) is 13.2 Å². The molecule has 0 unspecified atom stereocenters. The van der Waals surface area contributed by atoms with Crippen LogP contribution in [0.5, 0.6) is 0 Å². The number of aromatic nitrogens is 3. The number of nitrogens with zero attached hydrogens (tertiary/aromatic N) is 4. The van der Waals surface area contributed by atoms with Gasteiger partial charge < -0.3 is 5.32 Å². The minimum atomic E-state index is -3.58. The summed E-state index contributed by atoms with van der Waals surface area (Å²) in [6.07, 6.45) is 2.80. The second-order valence-corrected chi connectivity index (χ2v) is 10.8. The van der Waals surface area contributed by atoms with Crippen LogP contribution in [0, 0.1) is 13.8 Å². The highest BCUT2D eigenvalue weighted by Crippen LogP contribution is 2.27. The third kappa shape index (κ3) is 5.29. The number of aryl methyl sites for hydroxylation is 2. The van der Waals surface area contributed by atoms with E-state index in [1.165, 1.54) is 11.8 Å². The minimum absolute atomic E-state index is 0.118. The van der Waals surface area contributed by atoms with Gasteiger partial charge in [-0.15, -0.1) is 10.2 Å². The van der Waals surface area contributed by atoms with E-state index >= 15 is 0 Å². The first kappa shape index (κ1) is 23.5. The summed E-state index contributed by atoms with van der Waals surface area (Å²) < 4.78 is 29.7. The standard InChI is InChI=1S/C23H27N5O3S2/c1-17-11-12-19(15-21(17)33(30,31)27-13-7-4-8-14-27)24-22(29)16-32-23-26-25-18(2)28(23)20-9-5-3-6-10-20/h3,5-6,9-12,15H,4,7-8,13-14,16H2,1-2H3,(H,24,29). The molecule has 10 heteroatoms. The maximum atomic E-state index is 13.1. The molecule has 0 saturated carbocycles. The molecule has 4 rings (SSSR count). The largest absolute Gasteiger partial charge is 0.325 e. The van der Waals surface area contributed by atoms with E-state index in [-0.39, 0.29) is 16.6 Å². The van der Waals surface area contributed by atoms with Gasteiger partial charge in [-0.25, -0.2) is 8.42 Å². The van der Waals surface area contributed by atoms with Gasteiger partial charge in [-0.1, -0.05) is 42.4 Å². The van der Waals surface area contributed by atoms with Crippen LogP contribution in [0.2, 0.25) is 0 Å². The van der Waals surface area contributed by atoms with E-state index < -0.39 is 10.0 Å². The molecule has 3 aromatic rings. The summed E-state index contributed by atoms with van der Waals surface area (Å²) in [6, 6.07) is 14.7. The van der Waals surface area contributed by atoms with Crippen molar-refractivity contribution < 1.29 is 13.2 Å². The lowest BCUT2D eigenvalue weighted by Crippen LogP contribution is -2.36. The van der Waals surface area contributed by atoms with Crippen molar-refractivity contribution in [3.63, 3.8) is 0 Å². The Balaban J connectivity index is 1.45. The lowest BCUT2D eigenvalue weighted by atomic mass is 10.2. The first-order valence-electron chi connectivity index (χ1n) is 10.9. The molecule has 1 aliphatic rings. The zero-order valence-electron chi connectivity index (χ0n) is 18.7. The van der Waals surface area contributed by atoms with E-state index in [1.54, 1.807) is 29.4 Å². The van der Waals surface area contributed by atoms with Gasteiger partial charge in [0.25, 0.3) is 0 Å². The molecule has 1 amide bonds. The van der Waals surface area contributed by atoms with Crippen LogP contribution >= 0.6 is 11.8 Å². The van der Waals surface area contributed by atoms with Gasteiger partial charge >= 0.3 is 0 Å². The number of carbonyl (C=O) groups excluding carboxylic acids is 1. The minimum Gasteiger partial charge on any atom is -0.325 e. The number of hydrogen-bond acceptors (Lipinski definition) is 6. The number of rotatable bonds is 7. The van der Waals surface area contributed by atoms with E-state index in [2.05, 4.69) is 15.5 Å². The molecule has 0 aliphatic carbocycles. The SMILES string of the molecule is Cc1ccc(NC(=O)CSc2nnc(C)n2-c2ccccc2)cc1S(=O)(=O)N1CCCCC1. The summed E-state index contributed by atoms with van der Waals surface area (Å²) in [5.74, 6) is 0.605. The molecular formula is C23H27N5O3S2. The van der Waals surface area contributed by atoms with E-state index in [1.807, 2.05) is 41.8 Å². The summed E-state index contributed by atoms with van der Waals surface area (Å²) in [6.45, 7) is 4.71. The molecule has 1 aliphatic heterocycles. The van der Waals surface area contributed by atoms with Crippen molar-refractivity contribution in [1.82, 2.24) is 19.1 Å². The summed E-state index contributed by atoms with van der Waals surface area (Å²) in [5.41, 5.74) is 2.05. The van der Waals surface area contributed by atoms with E-state index in [0.717, 1.165) is 30.8 Å². The number of amides is 1.